The smallest absolute Gasteiger partial charge is 0.141 e. The molecule has 0 aromatic heterocycles. The zero-order chi connectivity index (χ0) is 11.6. The zero-order valence-corrected chi connectivity index (χ0v) is 9.52. The highest BCUT2D eigenvalue weighted by molar-refractivity contribution is 6.31. The first-order chi connectivity index (χ1) is 7.65. The first-order valence-corrected chi connectivity index (χ1v) is 5.59. The van der Waals surface area contributed by atoms with Crippen molar-refractivity contribution in [3.05, 3.63) is 29.0 Å². The molecule has 2 nitrogen and oxygen atoms in total. The molecule has 1 N–H and O–H groups in total. The van der Waals surface area contributed by atoms with Gasteiger partial charge in [-0.1, -0.05) is 11.6 Å². The molecule has 1 aliphatic rings. The van der Waals surface area contributed by atoms with Gasteiger partial charge in [0.05, 0.1) is 11.1 Å². The van der Waals surface area contributed by atoms with Gasteiger partial charge in [-0.3, -0.25) is 0 Å². The van der Waals surface area contributed by atoms with E-state index < -0.39 is 5.82 Å². The Bertz CT molecular complexity index is 435. The molecule has 0 unspecified atom stereocenters. The maximum absolute atomic E-state index is 12.9. The Kier molecular flexibility index (Phi) is 3.02. The Morgan fingerprint density at radius 3 is 2.81 bits per heavy atom. The van der Waals surface area contributed by atoms with E-state index in [1.807, 2.05) is 0 Å². The van der Waals surface area contributed by atoms with Gasteiger partial charge in [-0.25, -0.2) is 4.39 Å². The molecular formula is C12H12ClFN2. The molecular weight excluding hydrogens is 227 g/mol. The van der Waals surface area contributed by atoms with Crippen LogP contribution in [0.5, 0.6) is 0 Å². The van der Waals surface area contributed by atoms with Crippen LogP contribution in [0.3, 0.4) is 0 Å². The average molecular weight is 239 g/mol. The zero-order valence-electron chi connectivity index (χ0n) is 8.76. The SMILES string of the molecule is N#CCC1(CNc2ccc(F)c(Cl)c2)CC1. The standard InChI is InChI=1S/C12H12ClFN2/c13-10-7-9(1-2-11(10)14)16-8-12(3-4-12)5-6-15/h1-2,7,16H,3-5,8H2. The van der Waals surface area contributed by atoms with Crippen LogP contribution >= 0.6 is 11.6 Å². The maximum Gasteiger partial charge on any atom is 0.141 e. The van der Waals surface area contributed by atoms with E-state index in [4.69, 9.17) is 16.9 Å². The lowest BCUT2D eigenvalue weighted by atomic mass is 10.0. The highest BCUT2D eigenvalue weighted by atomic mass is 35.5. The van der Waals surface area contributed by atoms with Crippen molar-refractivity contribution >= 4 is 17.3 Å². The molecule has 4 heteroatoms. The maximum atomic E-state index is 12.9. The lowest BCUT2D eigenvalue weighted by Gasteiger charge is -2.13. The minimum Gasteiger partial charge on any atom is -0.384 e. The predicted octanol–water partition coefficient (Wildman–Crippen LogP) is 3.58. The number of halogens is 2. The van der Waals surface area contributed by atoms with E-state index >= 15 is 0 Å². The molecule has 0 saturated heterocycles. The Balaban J connectivity index is 1.95. The summed E-state index contributed by atoms with van der Waals surface area (Å²) in [5.74, 6) is -0.412. The van der Waals surface area contributed by atoms with Gasteiger partial charge < -0.3 is 5.32 Å². The second-order valence-electron chi connectivity index (χ2n) is 4.32. The molecule has 1 aliphatic carbocycles. The molecule has 1 aromatic rings. The second-order valence-corrected chi connectivity index (χ2v) is 4.72. The fourth-order valence-electron chi connectivity index (χ4n) is 1.66. The minimum absolute atomic E-state index is 0.120. The topological polar surface area (TPSA) is 35.8 Å². The Morgan fingerprint density at radius 1 is 1.50 bits per heavy atom. The van der Waals surface area contributed by atoms with E-state index in [1.54, 1.807) is 12.1 Å². The molecule has 0 radical (unpaired) electrons. The predicted molar refractivity (Wildman–Crippen MR) is 61.8 cm³/mol. The third-order valence-corrected chi connectivity index (χ3v) is 3.29. The van der Waals surface area contributed by atoms with Crippen LogP contribution in [0, 0.1) is 22.6 Å². The number of nitriles is 1. The summed E-state index contributed by atoms with van der Waals surface area (Å²) in [7, 11) is 0. The number of hydrogen-bond acceptors (Lipinski definition) is 2. The fourth-order valence-corrected chi connectivity index (χ4v) is 1.84. The Hall–Kier alpha value is -1.27. The quantitative estimate of drug-likeness (QED) is 0.870. The molecule has 16 heavy (non-hydrogen) atoms. The number of anilines is 1. The van der Waals surface area contributed by atoms with Crippen LogP contribution in [0.2, 0.25) is 5.02 Å². The fraction of sp³-hybridized carbons (Fsp3) is 0.417. The largest absolute Gasteiger partial charge is 0.384 e. The minimum atomic E-state index is -0.412. The molecule has 0 spiro atoms. The summed E-state index contributed by atoms with van der Waals surface area (Å²) in [6.07, 6.45) is 2.75. The van der Waals surface area contributed by atoms with Crippen LogP contribution in [0.25, 0.3) is 0 Å². The normalized spacial score (nSPS) is 16.6. The molecule has 84 valence electrons. The van der Waals surface area contributed by atoms with Crippen molar-refractivity contribution in [2.75, 3.05) is 11.9 Å². The van der Waals surface area contributed by atoms with Crippen molar-refractivity contribution in [2.45, 2.75) is 19.3 Å². The van der Waals surface area contributed by atoms with Crippen molar-refractivity contribution in [3.8, 4) is 6.07 Å². The van der Waals surface area contributed by atoms with E-state index in [0.29, 0.717) is 6.42 Å². The van der Waals surface area contributed by atoms with Crippen LogP contribution < -0.4 is 5.32 Å². The van der Waals surface area contributed by atoms with Crippen molar-refractivity contribution < 1.29 is 4.39 Å². The summed E-state index contributed by atoms with van der Waals surface area (Å²) in [4.78, 5) is 0. The monoisotopic (exact) mass is 238 g/mol. The number of benzene rings is 1. The summed E-state index contributed by atoms with van der Waals surface area (Å²) >= 11 is 5.67. The van der Waals surface area contributed by atoms with E-state index in [2.05, 4.69) is 11.4 Å². The van der Waals surface area contributed by atoms with E-state index in [9.17, 15) is 4.39 Å². The molecule has 1 aromatic carbocycles. The summed E-state index contributed by atoms with van der Waals surface area (Å²) in [6.45, 7) is 0.753. The van der Waals surface area contributed by atoms with Crippen LogP contribution in [-0.4, -0.2) is 6.54 Å². The third-order valence-electron chi connectivity index (χ3n) is 3.00. The van der Waals surface area contributed by atoms with Crippen molar-refractivity contribution in [3.63, 3.8) is 0 Å². The summed E-state index contributed by atoms with van der Waals surface area (Å²) in [6, 6.07) is 6.77. The number of nitrogens with zero attached hydrogens (tertiary/aromatic N) is 1. The van der Waals surface area contributed by atoms with Crippen molar-refractivity contribution in [2.24, 2.45) is 5.41 Å². The van der Waals surface area contributed by atoms with E-state index in [0.717, 1.165) is 25.1 Å². The van der Waals surface area contributed by atoms with E-state index in [1.165, 1.54) is 6.07 Å². The van der Waals surface area contributed by atoms with Gasteiger partial charge in [0.2, 0.25) is 0 Å². The van der Waals surface area contributed by atoms with Gasteiger partial charge in [0.15, 0.2) is 0 Å². The lowest BCUT2D eigenvalue weighted by Crippen LogP contribution is -2.14. The van der Waals surface area contributed by atoms with Gasteiger partial charge in [-0.15, -0.1) is 0 Å². The van der Waals surface area contributed by atoms with Crippen LogP contribution in [-0.2, 0) is 0 Å². The molecule has 0 heterocycles. The van der Waals surface area contributed by atoms with Gasteiger partial charge in [-0.05, 0) is 31.0 Å². The molecule has 2 rings (SSSR count). The Morgan fingerprint density at radius 2 is 2.25 bits per heavy atom. The summed E-state index contributed by atoms with van der Waals surface area (Å²) < 4.78 is 12.9. The van der Waals surface area contributed by atoms with E-state index in [-0.39, 0.29) is 10.4 Å². The number of nitrogens with one attached hydrogen (secondary N) is 1. The van der Waals surface area contributed by atoms with Gasteiger partial charge >= 0.3 is 0 Å². The Labute approximate surface area is 99.0 Å². The number of rotatable bonds is 4. The first-order valence-electron chi connectivity index (χ1n) is 5.21. The summed E-state index contributed by atoms with van der Waals surface area (Å²) in [5.41, 5.74) is 0.936. The van der Waals surface area contributed by atoms with Gasteiger partial charge in [0.25, 0.3) is 0 Å². The second kappa shape index (κ2) is 4.31. The molecule has 1 saturated carbocycles. The van der Waals surface area contributed by atoms with Crippen LogP contribution in [0.4, 0.5) is 10.1 Å². The third kappa shape index (κ3) is 2.45. The molecule has 0 bridgehead atoms. The van der Waals surface area contributed by atoms with Crippen molar-refractivity contribution in [1.29, 1.82) is 5.26 Å². The average Bonchev–Trinajstić information content (AvgIpc) is 3.01. The highest BCUT2D eigenvalue weighted by Gasteiger charge is 2.42. The molecule has 0 atom stereocenters. The van der Waals surface area contributed by atoms with Crippen LogP contribution in [0.1, 0.15) is 19.3 Å². The molecule has 1 fully saturated rings. The summed E-state index contributed by atoms with van der Waals surface area (Å²) in [5, 5.41) is 12.0. The van der Waals surface area contributed by atoms with Crippen LogP contribution in [0.15, 0.2) is 18.2 Å². The molecule has 0 aliphatic heterocycles. The number of hydrogen-bond donors (Lipinski definition) is 1. The first kappa shape index (κ1) is 11.2. The lowest BCUT2D eigenvalue weighted by molar-refractivity contribution is 0.557. The van der Waals surface area contributed by atoms with Crippen molar-refractivity contribution in [1.82, 2.24) is 0 Å². The van der Waals surface area contributed by atoms with Gasteiger partial charge in [0.1, 0.15) is 5.82 Å². The highest BCUT2D eigenvalue weighted by Crippen LogP contribution is 2.48. The van der Waals surface area contributed by atoms with Gasteiger partial charge in [-0.2, -0.15) is 5.26 Å². The van der Waals surface area contributed by atoms with Gasteiger partial charge in [0, 0.05) is 24.1 Å². The molecule has 0 amide bonds.